The number of alkyl halides is 6. The van der Waals surface area contributed by atoms with Crippen LogP contribution in [0.15, 0.2) is 102 Å². The van der Waals surface area contributed by atoms with Crippen LogP contribution in [0, 0.1) is 0 Å². The molecule has 2 aromatic carbocycles. The number of nitrogens with zero attached hydrogens (tertiary/aromatic N) is 6. The lowest BCUT2D eigenvalue weighted by Crippen LogP contribution is -2.47. The number of pyridine rings is 2. The first-order valence-electron chi connectivity index (χ1n) is 16.1. The zero-order valence-corrected chi connectivity index (χ0v) is 31.3. The van der Waals surface area contributed by atoms with E-state index in [4.69, 9.17) is 0 Å². The highest BCUT2D eigenvalue weighted by atomic mass is 32.2. The summed E-state index contributed by atoms with van der Waals surface area (Å²) in [5.74, 6) is -4.96. The summed E-state index contributed by atoms with van der Waals surface area (Å²) in [6, 6.07) is 22.0. The summed E-state index contributed by atoms with van der Waals surface area (Å²) in [5.41, 5.74) is 5.50. The van der Waals surface area contributed by atoms with E-state index in [9.17, 15) is 52.8 Å². The molecule has 2 amide bonds. The predicted molar refractivity (Wildman–Crippen MR) is 189 cm³/mol. The summed E-state index contributed by atoms with van der Waals surface area (Å²) in [7, 11) is -7.07. The summed E-state index contributed by atoms with van der Waals surface area (Å²) in [6.07, 6.45) is -4.57. The number of halogens is 6. The van der Waals surface area contributed by atoms with Gasteiger partial charge in [0, 0.05) is 36.6 Å². The van der Waals surface area contributed by atoms with Gasteiger partial charge in [-0.25, -0.2) is 16.8 Å². The van der Waals surface area contributed by atoms with Gasteiger partial charge in [0.25, 0.3) is 5.91 Å². The van der Waals surface area contributed by atoms with Gasteiger partial charge in [0.2, 0.25) is 25.9 Å². The molecule has 0 aliphatic carbocycles. The van der Waals surface area contributed by atoms with Gasteiger partial charge in [-0.15, -0.1) is 10.2 Å². The maximum atomic E-state index is 12.6. The fourth-order valence-electron chi connectivity index (χ4n) is 4.56. The maximum absolute atomic E-state index is 12.6. The number of aromatic nitrogens is 4. The van der Waals surface area contributed by atoms with Gasteiger partial charge in [-0.3, -0.25) is 30.4 Å². The molecule has 15 nitrogen and oxygen atoms in total. The van der Waals surface area contributed by atoms with Crippen molar-refractivity contribution in [3.63, 3.8) is 0 Å². The lowest BCUT2D eigenvalue weighted by atomic mass is 10.1. The zero-order chi connectivity index (χ0) is 42.0. The molecular weight excluding hydrogens is 811 g/mol. The smallest absolute Gasteiger partial charge is 0.413 e. The first kappa shape index (κ1) is 43.9. The van der Waals surface area contributed by atoms with Gasteiger partial charge >= 0.3 is 24.2 Å². The van der Waals surface area contributed by atoms with Crippen LogP contribution in [0.3, 0.4) is 0 Å². The molecule has 0 radical (unpaired) electrons. The van der Waals surface area contributed by atoms with E-state index in [1.165, 1.54) is 50.4 Å². The second kappa shape index (κ2) is 18.4. The lowest BCUT2D eigenvalue weighted by molar-refractivity contribution is -0.174. The standard InChI is InChI=1S/C17H17F3N4O4S.C17H15F3N4O3S/c1-29(27,28)24(11-14-4-2-3-9-21-14)10-12-5-7-13(8-6-12)15(25)22-23-16(26)17(18,19)20;1-28(25,26)24(11-14-4-2-3-9-21-14)10-12-5-7-13(8-6-12)15-22-23-16(27-15)17(18,19)20/h2-9H,10-11H2,1H3,(H,22,25)(H,23,26);2-9H,10-11H2,1H3. The Morgan fingerprint density at radius 2 is 1.12 bits per heavy atom. The SMILES string of the molecule is CS(=O)(=O)N(Cc1ccc(-c2nnc(C(F)(F)F)o2)cc1)Cc1ccccn1.CS(=O)(=O)N(Cc1ccc(C(=O)NNC(=O)C(F)(F)F)cc1)Cc1ccccn1. The van der Waals surface area contributed by atoms with E-state index >= 15 is 0 Å². The Labute approximate surface area is 321 Å². The highest BCUT2D eigenvalue weighted by Gasteiger charge is 2.39. The molecule has 0 atom stereocenters. The van der Waals surface area contributed by atoms with Gasteiger partial charge in [0.15, 0.2) is 0 Å². The van der Waals surface area contributed by atoms with Crippen molar-refractivity contribution in [3.8, 4) is 11.5 Å². The van der Waals surface area contributed by atoms with Crippen molar-refractivity contribution in [2.24, 2.45) is 0 Å². The topological polar surface area (TPSA) is 198 Å². The van der Waals surface area contributed by atoms with Crippen molar-refractivity contribution < 1.29 is 57.2 Å². The van der Waals surface area contributed by atoms with Crippen LogP contribution in [-0.4, -0.2) is 76.1 Å². The van der Waals surface area contributed by atoms with Crippen molar-refractivity contribution in [2.75, 3.05) is 12.5 Å². The molecule has 3 heterocycles. The normalized spacial score (nSPS) is 12.2. The van der Waals surface area contributed by atoms with Crippen LogP contribution < -0.4 is 10.9 Å². The number of amides is 2. The number of carbonyl (C=O) groups is 2. The largest absolute Gasteiger partial charge is 0.472 e. The summed E-state index contributed by atoms with van der Waals surface area (Å²) in [6.45, 7) is 0.223. The fourth-order valence-corrected chi connectivity index (χ4v) is 6.06. The Morgan fingerprint density at radius 1 is 0.649 bits per heavy atom. The Balaban J connectivity index is 0.000000253. The average Bonchev–Trinajstić information content (AvgIpc) is 3.66. The van der Waals surface area contributed by atoms with Crippen molar-refractivity contribution in [1.82, 2.24) is 39.6 Å². The molecule has 0 aliphatic rings. The van der Waals surface area contributed by atoms with Crippen LogP contribution in [0.25, 0.3) is 11.5 Å². The number of sulfonamides is 2. The molecule has 304 valence electrons. The van der Waals surface area contributed by atoms with Crippen molar-refractivity contribution >= 4 is 31.9 Å². The van der Waals surface area contributed by atoms with E-state index in [0.717, 1.165) is 12.5 Å². The molecule has 2 N–H and O–H groups in total. The third-order valence-electron chi connectivity index (χ3n) is 7.42. The number of nitrogens with one attached hydrogen (secondary N) is 2. The van der Waals surface area contributed by atoms with Gasteiger partial charge in [0.1, 0.15) is 0 Å². The second-order valence-electron chi connectivity index (χ2n) is 11.9. The van der Waals surface area contributed by atoms with E-state index in [1.807, 2.05) is 0 Å². The Bertz CT molecular complexity index is 2330. The number of hydrogen-bond donors (Lipinski definition) is 2. The number of rotatable bonds is 12. The van der Waals surface area contributed by atoms with Crippen molar-refractivity contribution in [2.45, 2.75) is 38.5 Å². The third-order valence-corrected chi connectivity index (χ3v) is 9.81. The van der Waals surface area contributed by atoms with Gasteiger partial charge in [0.05, 0.1) is 37.0 Å². The first-order valence-corrected chi connectivity index (χ1v) is 19.8. The van der Waals surface area contributed by atoms with Crippen molar-refractivity contribution in [1.29, 1.82) is 0 Å². The monoisotopic (exact) mass is 842 g/mol. The highest BCUT2D eigenvalue weighted by molar-refractivity contribution is 7.88. The fraction of sp³-hybridized carbons (Fsp3) is 0.235. The van der Waals surface area contributed by atoms with E-state index in [0.29, 0.717) is 28.1 Å². The number of hydrazine groups is 1. The van der Waals surface area contributed by atoms with Crippen LogP contribution >= 0.6 is 0 Å². The van der Waals surface area contributed by atoms with Gasteiger partial charge in [-0.1, -0.05) is 36.4 Å². The number of carbonyl (C=O) groups excluding carboxylic acids is 2. The van der Waals surface area contributed by atoms with Crippen LogP contribution in [0.4, 0.5) is 26.3 Å². The van der Waals surface area contributed by atoms with Gasteiger partial charge < -0.3 is 4.42 Å². The molecular formula is C34H32F6N8O7S2. The minimum absolute atomic E-state index is 0.00210. The molecule has 0 unspecified atom stereocenters. The summed E-state index contributed by atoms with van der Waals surface area (Å²) in [5, 5.41) is 6.37. The molecule has 0 saturated heterocycles. The van der Waals surface area contributed by atoms with Crippen LogP contribution in [0.1, 0.15) is 38.8 Å². The van der Waals surface area contributed by atoms with E-state index in [1.54, 1.807) is 66.4 Å². The molecule has 0 aliphatic heterocycles. The molecule has 3 aromatic heterocycles. The molecule has 5 rings (SSSR count). The van der Waals surface area contributed by atoms with E-state index < -0.39 is 50.1 Å². The van der Waals surface area contributed by atoms with Gasteiger partial charge in [-0.05, 0) is 59.7 Å². The Kier molecular flexibility index (Phi) is 14.2. The zero-order valence-electron chi connectivity index (χ0n) is 29.7. The van der Waals surface area contributed by atoms with Crippen molar-refractivity contribution in [3.05, 3.63) is 131 Å². The number of benzene rings is 2. The molecule has 5 aromatic rings. The maximum Gasteiger partial charge on any atom is 0.472 e. The quantitative estimate of drug-likeness (QED) is 0.133. The first-order chi connectivity index (χ1) is 26.6. The molecule has 0 bridgehead atoms. The Morgan fingerprint density at radius 3 is 1.51 bits per heavy atom. The van der Waals surface area contributed by atoms with Crippen LogP contribution in [-0.2, 0) is 57.2 Å². The summed E-state index contributed by atoms with van der Waals surface area (Å²) < 4.78 is 129. The minimum Gasteiger partial charge on any atom is -0.413 e. The molecule has 0 spiro atoms. The molecule has 23 heteroatoms. The van der Waals surface area contributed by atoms with Crippen LogP contribution in [0.5, 0.6) is 0 Å². The number of hydrogen-bond acceptors (Lipinski definition) is 11. The van der Waals surface area contributed by atoms with Gasteiger partial charge in [-0.2, -0.15) is 35.0 Å². The Hall–Kier alpha value is -5.78. The highest BCUT2D eigenvalue weighted by Crippen LogP contribution is 2.30. The average molecular weight is 843 g/mol. The third kappa shape index (κ3) is 13.7. The molecule has 0 saturated carbocycles. The predicted octanol–water partition coefficient (Wildman–Crippen LogP) is 4.48. The molecule has 0 fully saturated rings. The summed E-state index contributed by atoms with van der Waals surface area (Å²) in [4.78, 5) is 30.7. The second-order valence-corrected chi connectivity index (χ2v) is 15.9. The van der Waals surface area contributed by atoms with E-state index in [-0.39, 0.29) is 37.6 Å². The minimum atomic E-state index is -5.13. The molecule has 57 heavy (non-hydrogen) atoms. The van der Waals surface area contributed by atoms with Crippen LogP contribution in [0.2, 0.25) is 0 Å². The summed E-state index contributed by atoms with van der Waals surface area (Å²) >= 11 is 0. The lowest BCUT2D eigenvalue weighted by Gasteiger charge is -2.19. The van der Waals surface area contributed by atoms with E-state index in [2.05, 4.69) is 24.6 Å².